The topological polar surface area (TPSA) is 12.9 Å². The highest BCUT2D eigenvalue weighted by molar-refractivity contribution is 9.10. The van der Waals surface area contributed by atoms with Gasteiger partial charge in [0.1, 0.15) is 10.4 Å². The summed E-state index contributed by atoms with van der Waals surface area (Å²) >= 11 is 6.56. The second-order valence-corrected chi connectivity index (χ2v) is 4.70. The molecule has 0 bridgehead atoms. The number of halogens is 3. The van der Waals surface area contributed by atoms with Gasteiger partial charge in [0.25, 0.3) is 0 Å². The summed E-state index contributed by atoms with van der Waals surface area (Å²) in [5.41, 5.74) is 1.11. The number of nitrogens with zero attached hydrogens (tertiary/aromatic N) is 1. The molecule has 0 fully saturated rings. The van der Waals surface area contributed by atoms with Crippen LogP contribution in [0.15, 0.2) is 45.5 Å². The van der Waals surface area contributed by atoms with E-state index in [0.29, 0.717) is 15.9 Å². The van der Waals surface area contributed by atoms with Crippen molar-refractivity contribution in [3.63, 3.8) is 0 Å². The van der Waals surface area contributed by atoms with Crippen LogP contribution in [0.5, 0.6) is 0 Å². The highest BCUT2D eigenvalue weighted by atomic mass is 79.9. The van der Waals surface area contributed by atoms with Crippen molar-refractivity contribution in [2.45, 2.75) is 0 Å². The molecule has 76 valence electrons. The maximum atomic E-state index is 13.5. The Morgan fingerprint density at radius 1 is 1.07 bits per heavy atom. The smallest absolute Gasteiger partial charge is 0.132 e. The van der Waals surface area contributed by atoms with Gasteiger partial charge in [-0.1, -0.05) is 22.0 Å². The van der Waals surface area contributed by atoms with Gasteiger partial charge < -0.3 is 0 Å². The minimum atomic E-state index is -0.274. The van der Waals surface area contributed by atoms with Crippen molar-refractivity contribution < 1.29 is 4.39 Å². The molecule has 2 rings (SSSR count). The number of hydrogen-bond donors (Lipinski definition) is 0. The van der Waals surface area contributed by atoms with Gasteiger partial charge in [-0.25, -0.2) is 9.37 Å². The Hall–Kier alpha value is -0.740. The molecule has 15 heavy (non-hydrogen) atoms. The van der Waals surface area contributed by atoms with Crippen molar-refractivity contribution in [2.75, 3.05) is 0 Å². The first kappa shape index (κ1) is 10.8. The minimum absolute atomic E-state index is 0.274. The molecule has 1 nitrogen and oxygen atoms in total. The monoisotopic (exact) mass is 329 g/mol. The molecule has 1 heterocycles. The fourth-order valence-corrected chi connectivity index (χ4v) is 1.96. The lowest BCUT2D eigenvalue weighted by Crippen LogP contribution is -1.88. The van der Waals surface area contributed by atoms with E-state index in [4.69, 9.17) is 0 Å². The highest BCUT2D eigenvalue weighted by Crippen LogP contribution is 2.25. The first-order chi connectivity index (χ1) is 7.16. The van der Waals surface area contributed by atoms with Crippen LogP contribution in [-0.2, 0) is 0 Å². The number of aromatic nitrogens is 1. The molecule has 1 aromatic carbocycles. The number of pyridine rings is 1. The van der Waals surface area contributed by atoms with E-state index in [1.807, 2.05) is 6.07 Å². The fourth-order valence-electron chi connectivity index (χ4n) is 1.25. The SMILES string of the molecule is Fc1ccc(Br)cc1-c1cccc(Br)n1. The molecule has 0 amide bonds. The zero-order valence-corrected chi connectivity index (χ0v) is 10.7. The van der Waals surface area contributed by atoms with Gasteiger partial charge in [-0.05, 0) is 46.3 Å². The quantitative estimate of drug-likeness (QED) is 0.706. The lowest BCUT2D eigenvalue weighted by Gasteiger charge is -2.03. The summed E-state index contributed by atoms with van der Waals surface area (Å²) in [4.78, 5) is 4.20. The lowest BCUT2D eigenvalue weighted by molar-refractivity contribution is 0.630. The molecule has 0 saturated heterocycles. The predicted octanol–water partition coefficient (Wildman–Crippen LogP) is 4.41. The summed E-state index contributed by atoms with van der Waals surface area (Å²) in [6.45, 7) is 0. The summed E-state index contributed by atoms with van der Waals surface area (Å²) in [5.74, 6) is -0.274. The average Bonchev–Trinajstić information content (AvgIpc) is 2.22. The summed E-state index contributed by atoms with van der Waals surface area (Å²) in [7, 11) is 0. The van der Waals surface area contributed by atoms with Crippen molar-refractivity contribution in [3.8, 4) is 11.3 Å². The lowest BCUT2D eigenvalue weighted by atomic mass is 10.1. The highest BCUT2D eigenvalue weighted by Gasteiger charge is 2.06. The van der Waals surface area contributed by atoms with Crippen LogP contribution in [0.3, 0.4) is 0 Å². The number of benzene rings is 1. The molecule has 2 aromatic rings. The molecule has 0 unspecified atom stereocenters. The van der Waals surface area contributed by atoms with E-state index in [1.54, 1.807) is 24.3 Å². The van der Waals surface area contributed by atoms with Gasteiger partial charge in [0.15, 0.2) is 0 Å². The Kier molecular flexibility index (Phi) is 3.17. The van der Waals surface area contributed by atoms with Gasteiger partial charge in [-0.3, -0.25) is 0 Å². The zero-order valence-electron chi connectivity index (χ0n) is 7.55. The minimum Gasteiger partial charge on any atom is -0.241 e. The molecule has 0 radical (unpaired) electrons. The summed E-state index contributed by atoms with van der Waals surface area (Å²) in [5, 5.41) is 0. The van der Waals surface area contributed by atoms with Crippen LogP contribution in [0.2, 0.25) is 0 Å². The molecule has 1 aromatic heterocycles. The van der Waals surface area contributed by atoms with Crippen LogP contribution >= 0.6 is 31.9 Å². The maximum Gasteiger partial charge on any atom is 0.132 e. The third-order valence-corrected chi connectivity index (χ3v) is 2.85. The molecule has 4 heteroatoms. The second kappa shape index (κ2) is 4.41. The van der Waals surface area contributed by atoms with Crippen molar-refractivity contribution in [3.05, 3.63) is 51.3 Å². The molecule has 0 saturated carbocycles. The molecule has 0 atom stereocenters. The Morgan fingerprint density at radius 2 is 1.87 bits per heavy atom. The molecule has 0 N–H and O–H groups in total. The maximum absolute atomic E-state index is 13.5. The van der Waals surface area contributed by atoms with Crippen molar-refractivity contribution in [2.24, 2.45) is 0 Å². The van der Waals surface area contributed by atoms with E-state index in [9.17, 15) is 4.39 Å². The Bertz CT molecular complexity index is 500. The molecule has 0 aliphatic rings. The van der Waals surface area contributed by atoms with Gasteiger partial charge in [-0.15, -0.1) is 0 Å². The van der Waals surface area contributed by atoms with Crippen LogP contribution in [0.4, 0.5) is 4.39 Å². The van der Waals surface area contributed by atoms with Crippen LogP contribution in [-0.4, -0.2) is 4.98 Å². The van der Waals surface area contributed by atoms with Gasteiger partial charge >= 0.3 is 0 Å². The first-order valence-electron chi connectivity index (χ1n) is 4.25. The zero-order chi connectivity index (χ0) is 10.8. The van der Waals surface area contributed by atoms with E-state index in [0.717, 1.165) is 4.47 Å². The van der Waals surface area contributed by atoms with E-state index >= 15 is 0 Å². The molecular weight excluding hydrogens is 325 g/mol. The van der Waals surface area contributed by atoms with Crippen molar-refractivity contribution in [1.29, 1.82) is 0 Å². The standard InChI is InChI=1S/C11H6Br2FN/c12-7-4-5-9(14)8(6-7)10-2-1-3-11(13)15-10/h1-6H. The summed E-state index contributed by atoms with van der Waals surface area (Å²) < 4.78 is 15.0. The number of hydrogen-bond acceptors (Lipinski definition) is 1. The second-order valence-electron chi connectivity index (χ2n) is 2.97. The van der Waals surface area contributed by atoms with Crippen molar-refractivity contribution >= 4 is 31.9 Å². The van der Waals surface area contributed by atoms with Crippen LogP contribution in [0.1, 0.15) is 0 Å². The third kappa shape index (κ3) is 2.44. The van der Waals surface area contributed by atoms with Gasteiger partial charge in [-0.2, -0.15) is 0 Å². The number of rotatable bonds is 1. The molecule has 0 aliphatic carbocycles. The van der Waals surface area contributed by atoms with Gasteiger partial charge in [0.2, 0.25) is 0 Å². The largest absolute Gasteiger partial charge is 0.241 e. The van der Waals surface area contributed by atoms with E-state index in [2.05, 4.69) is 36.8 Å². The van der Waals surface area contributed by atoms with Gasteiger partial charge in [0, 0.05) is 10.0 Å². The van der Waals surface area contributed by atoms with Crippen LogP contribution in [0.25, 0.3) is 11.3 Å². The third-order valence-electron chi connectivity index (χ3n) is 1.92. The van der Waals surface area contributed by atoms with Crippen LogP contribution < -0.4 is 0 Å². The van der Waals surface area contributed by atoms with E-state index in [1.165, 1.54) is 6.07 Å². The molecule has 0 aliphatic heterocycles. The predicted molar refractivity (Wildman–Crippen MR) is 65.0 cm³/mol. The molecule has 0 spiro atoms. The van der Waals surface area contributed by atoms with Crippen LogP contribution in [0, 0.1) is 5.82 Å². The Morgan fingerprint density at radius 3 is 2.60 bits per heavy atom. The Balaban J connectivity index is 2.58. The average molecular weight is 331 g/mol. The summed E-state index contributed by atoms with van der Waals surface area (Å²) in [6.07, 6.45) is 0. The normalized spacial score (nSPS) is 10.3. The first-order valence-corrected chi connectivity index (χ1v) is 5.83. The molecular formula is C11H6Br2FN. The fraction of sp³-hybridized carbons (Fsp3) is 0. The van der Waals surface area contributed by atoms with E-state index < -0.39 is 0 Å². The Labute approximate surface area is 104 Å². The summed E-state index contributed by atoms with van der Waals surface area (Å²) in [6, 6.07) is 10.2. The van der Waals surface area contributed by atoms with Crippen molar-refractivity contribution in [1.82, 2.24) is 4.98 Å². The van der Waals surface area contributed by atoms with Gasteiger partial charge in [0.05, 0.1) is 5.69 Å². The van der Waals surface area contributed by atoms with E-state index in [-0.39, 0.29) is 5.82 Å².